The summed E-state index contributed by atoms with van der Waals surface area (Å²) < 4.78 is 39.1. The van der Waals surface area contributed by atoms with Gasteiger partial charge < -0.3 is 5.73 Å². The maximum atomic E-state index is 13.5. The maximum Gasteiger partial charge on any atom is 0.263 e. The van der Waals surface area contributed by atoms with E-state index in [0.29, 0.717) is 12.8 Å². The van der Waals surface area contributed by atoms with Gasteiger partial charge in [0.2, 0.25) is 10.9 Å². The summed E-state index contributed by atoms with van der Waals surface area (Å²) in [6.45, 7) is 0.218. The van der Waals surface area contributed by atoms with Gasteiger partial charge in [0.25, 0.3) is 10.0 Å². The molecular weight excluding hydrogens is 273 g/mol. The number of hydrogen-bond donors (Lipinski definition) is 1. The van der Waals surface area contributed by atoms with E-state index in [-0.39, 0.29) is 13.1 Å². The lowest BCUT2D eigenvalue weighted by molar-refractivity contribution is -0.122. The highest BCUT2D eigenvalue weighted by molar-refractivity contribution is 7.89. The lowest BCUT2D eigenvalue weighted by Gasteiger charge is -2.29. The molecule has 2 rings (SSSR count). The van der Waals surface area contributed by atoms with Crippen molar-refractivity contribution in [3.05, 3.63) is 24.1 Å². The van der Waals surface area contributed by atoms with Crippen molar-refractivity contribution in [3.63, 3.8) is 0 Å². The average molecular weight is 287 g/mol. The number of amides is 1. The van der Waals surface area contributed by atoms with E-state index >= 15 is 0 Å². The predicted octanol–water partition coefficient (Wildman–Crippen LogP) is 0.107. The Bertz CT molecular complexity index is 591. The van der Waals surface area contributed by atoms with E-state index < -0.39 is 32.7 Å². The fraction of sp³-hybridized carbons (Fsp3) is 0.455. The number of sulfonamides is 1. The van der Waals surface area contributed by atoms with Crippen LogP contribution in [0.4, 0.5) is 4.39 Å². The standard InChI is InChI=1S/C11H14FN3O3S/c12-9-4-1-5-14-11(9)19(17,18)15-6-2-3-8(7-15)10(13)16/h1,4-5,8H,2-3,6-7H2,(H2,13,16). The number of hydrogen-bond acceptors (Lipinski definition) is 4. The molecule has 0 radical (unpaired) electrons. The summed E-state index contributed by atoms with van der Waals surface area (Å²) >= 11 is 0. The van der Waals surface area contributed by atoms with Crippen molar-refractivity contribution in [1.82, 2.24) is 9.29 Å². The number of aromatic nitrogens is 1. The van der Waals surface area contributed by atoms with E-state index in [1.807, 2.05) is 0 Å². The minimum atomic E-state index is -4.02. The first-order chi connectivity index (χ1) is 8.93. The van der Waals surface area contributed by atoms with E-state index in [0.717, 1.165) is 10.4 Å². The molecule has 19 heavy (non-hydrogen) atoms. The van der Waals surface area contributed by atoms with Crippen molar-refractivity contribution >= 4 is 15.9 Å². The molecule has 0 saturated carbocycles. The Morgan fingerprint density at radius 3 is 2.89 bits per heavy atom. The van der Waals surface area contributed by atoms with Crippen LogP contribution in [0.5, 0.6) is 0 Å². The number of pyridine rings is 1. The zero-order chi connectivity index (χ0) is 14.0. The number of carbonyl (C=O) groups excluding carboxylic acids is 1. The molecule has 0 aromatic carbocycles. The minimum absolute atomic E-state index is 0.0202. The molecule has 6 nitrogen and oxygen atoms in total. The van der Waals surface area contributed by atoms with E-state index in [9.17, 15) is 17.6 Å². The third kappa shape index (κ3) is 2.74. The fourth-order valence-corrected chi connectivity index (χ4v) is 3.58. The molecule has 1 unspecified atom stereocenters. The number of nitrogens with two attached hydrogens (primary N) is 1. The quantitative estimate of drug-likeness (QED) is 0.853. The first kappa shape index (κ1) is 13.9. The van der Waals surface area contributed by atoms with Crippen LogP contribution in [-0.2, 0) is 14.8 Å². The number of piperidine rings is 1. The first-order valence-electron chi connectivity index (χ1n) is 5.83. The van der Waals surface area contributed by atoms with E-state index in [4.69, 9.17) is 5.73 Å². The highest BCUT2D eigenvalue weighted by atomic mass is 32.2. The van der Waals surface area contributed by atoms with E-state index in [2.05, 4.69) is 4.98 Å². The second-order valence-corrected chi connectivity index (χ2v) is 6.25. The van der Waals surface area contributed by atoms with Gasteiger partial charge in [-0.25, -0.2) is 17.8 Å². The topological polar surface area (TPSA) is 93.4 Å². The van der Waals surface area contributed by atoms with Gasteiger partial charge >= 0.3 is 0 Å². The number of nitrogens with zero attached hydrogens (tertiary/aromatic N) is 2. The van der Waals surface area contributed by atoms with Crippen molar-refractivity contribution < 1.29 is 17.6 Å². The van der Waals surface area contributed by atoms with Crippen molar-refractivity contribution in [3.8, 4) is 0 Å². The molecule has 2 N–H and O–H groups in total. The maximum absolute atomic E-state index is 13.5. The summed E-state index contributed by atoms with van der Waals surface area (Å²) in [6.07, 6.45) is 2.28. The Labute approximate surface area is 110 Å². The molecule has 1 aliphatic rings. The Kier molecular flexibility index (Phi) is 3.81. The monoisotopic (exact) mass is 287 g/mol. The molecule has 1 aliphatic heterocycles. The number of rotatable bonds is 3. The SMILES string of the molecule is NC(=O)C1CCCN(S(=O)(=O)c2ncccc2F)C1. The molecule has 8 heteroatoms. The van der Waals surface area contributed by atoms with Gasteiger partial charge in [-0.05, 0) is 25.0 Å². The molecule has 2 heterocycles. The van der Waals surface area contributed by atoms with Gasteiger partial charge in [-0.1, -0.05) is 0 Å². The van der Waals surface area contributed by atoms with Crippen LogP contribution in [-0.4, -0.2) is 36.7 Å². The first-order valence-corrected chi connectivity index (χ1v) is 7.27. The van der Waals surface area contributed by atoms with E-state index in [1.54, 1.807) is 0 Å². The second kappa shape index (κ2) is 5.22. The van der Waals surface area contributed by atoms with Crippen LogP contribution in [0.15, 0.2) is 23.4 Å². The van der Waals surface area contributed by atoms with Crippen molar-refractivity contribution in [2.75, 3.05) is 13.1 Å². The zero-order valence-electron chi connectivity index (χ0n) is 10.1. The summed E-state index contributed by atoms with van der Waals surface area (Å²) in [5, 5.41) is -0.611. The van der Waals surface area contributed by atoms with Crippen LogP contribution in [0.1, 0.15) is 12.8 Å². The number of carbonyl (C=O) groups is 1. The predicted molar refractivity (Wildman–Crippen MR) is 64.9 cm³/mol. The van der Waals surface area contributed by atoms with Crippen molar-refractivity contribution in [1.29, 1.82) is 0 Å². The number of halogens is 1. The Hall–Kier alpha value is -1.54. The summed E-state index contributed by atoms with van der Waals surface area (Å²) in [7, 11) is -4.02. The van der Waals surface area contributed by atoms with Crippen LogP contribution in [0, 0.1) is 11.7 Å². The lowest BCUT2D eigenvalue weighted by Crippen LogP contribution is -2.44. The fourth-order valence-electron chi connectivity index (χ4n) is 2.08. The summed E-state index contributed by atoms with van der Waals surface area (Å²) in [4.78, 5) is 14.7. The zero-order valence-corrected chi connectivity index (χ0v) is 10.9. The van der Waals surface area contributed by atoms with Crippen molar-refractivity contribution in [2.24, 2.45) is 11.7 Å². The summed E-state index contributed by atoms with van der Waals surface area (Å²) in [5.74, 6) is -1.97. The van der Waals surface area contributed by atoms with Gasteiger partial charge in [-0.2, -0.15) is 4.31 Å². The Balaban J connectivity index is 2.30. The molecule has 1 aromatic heterocycles. The average Bonchev–Trinajstić information content (AvgIpc) is 2.39. The molecule has 0 aliphatic carbocycles. The molecular formula is C11H14FN3O3S. The van der Waals surface area contributed by atoms with Gasteiger partial charge in [0.15, 0.2) is 5.82 Å². The van der Waals surface area contributed by atoms with Gasteiger partial charge in [0.05, 0.1) is 5.92 Å². The van der Waals surface area contributed by atoms with Crippen LogP contribution in [0.3, 0.4) is 0 Å². The second-order valence-electron chi connectivity index (χ2n) is 4.39. The van der Waals surface area contributed by atoms with Gasteiger partial charge in [0, 0.05) is 19.3 Å². The molecule has 1 saturated heterocycles. The van der Waals surface area contributed by atoms with Gasteiger partial charge in [-0.3, -0.25) is 4.79 Å². The highest BCUT2D eigenvalue weighted by Crippen LogP contribution is 2.23. The van der Waals surface area contributed by atoms with Crippen LogP contribution >= 0.6 is 0 Å². The Morgan fingerprint density at radius 2 is 2.26 bits per heavy atom. The molecule has 1 amide bonds. The van der Waals surface area contributed by atoms with Gasteiger partial charge in [-0.15, -0.1) is 0 Å². The third-order valence-corrected chi connectivity index (χ3v) is 4.90. The lowest BCUT2D eigenvalue weighted by atomic mass is 9.99. The highest BCUT2D eigenvalue weighted by Gasteiger charge is 2.34. The van der Waals surface area contributed by atoms with Crippen LogP contribution in [0.2, 0.25) is 0 Å². The summed E-state index contributed by atoms with van der Waals surface area (Å²) in [5.41, 5.74) is 5.19. The molecule has 1 fully saturated rings. The molecule has 0 bridgehead atoms. The summed E-state index contributed by atoms with van der Waals surface area (Å²) in [6, 6.07) is 2.35. The number of primary amides is 1. The molecule has 1 aromatic rings. The molecule has 104 valence electrons. The van der Waals surface area contributed by atoms with Gasteiger partial charge in [0.1, 0.15) is 0 Å². The normalized spacial score (nSPS) is 21.2. The van der Waals surface area contributed by atoms with Crippen LogP contribution < -0.4 is 5.73 Å². The largest absolute Gasteiger partial charge is 0.369 e. The van der Waals surface area contributed by atoms with Crippen LogP contribution in [0.25, 0.3) is 0 Å². The van der Waals surface area contributed by atoms with E-state index in [1.165, 1.54) is 12.3 Å². The minimum Gasteiger partial charge on any atom is -0.369 e. The smallest absolute Gasteiger partial charge is 0.263 e. The molecule has 1 atom stereocenters. The Morgan fingerprint density at radius 1 is 1.53 bits per heavy atom. The molecule has 0 spiro atoms. The van der Waals surface area contributed by atoms with Crippen molar-refractivity contribution in [2.45, 2.75) is 17.9 Å². The third-order valence-electron chi connectivity index (χ3n) is 3.10.